The molecule has 0 bridgehead atoms. The second-order valence-corrected chi connectivity index (χ2v) is 9.18. The molecule has 0 aliphatic carbocycles. The van der Waals surface area contributed by atoms with Gasteiger partial charge in [-0.3, -0.25) is 10.1 Å². The van der Waals surface area contributed by atoms with Gasteiger partial charge in [-0.1, -0.05) is 0 Å². The number of fused-ring (bicyclic) bond motifs is 2. The number of halogens is 2. The number of rotatable bonds is 7. The molecule has 0 aliphatic rings. The zero-order chi connectivity index (χ0) is 26.2. The Kier molecular flexibility index (Phi) is 5.97. The fraction of sp³-hybridized carbons (Fsp3) is 0.148. The highest BCUT2D eigenvalue weighted by Gasteiger charge is 2.18. The topological polar surface area (TPSA) is 111 Å². The number of aromatic nitrogens is 7. The lowest BCUT2D eigenvalue weighted by atomic mass is 10.0. The molecular weight excluding hydrogens is 488 g/mol. The van der Waals surface area contributed by atoms with E-state index < -0.39 is 5.82 Å². The van der Waals surface area contributed by atoms with E-state index in [0.717, 1.165) is 6.54 Å². The van der Waals surface area contributed by atoms with Crippen LogP contribution in [0.5, 0.6) is 0 Å². The van der Waals surface area contributed by atoms with Crippen molar-refractivity contribution in [3.8, 4) is 33.9 Å². The van der Waals surface area contributed by atoms with Crippen LogP contribution in [0.25, 0.3) is 55.8 Å². The summed E-state index contributed by atoms with van der Waals surface area (Å²) < 4.78 is 29.4. The summed E-state index contributed by atoms with van der Waals surface area (Å²) in [5.41, 5.74) is 5.03. The van der Waals surface area contributed by atoms with Crippen LogP contribution in [-0.4, -0.2) is 67.2 Å². The molecule has 0 amide bonds. The van der Waals surface area contributed by atoms with Gasteiger partial charge in [-0.2, -0.15) is 5.10 Å². The van der Waals surface area contributed by atoms with Gasteiger partial charge >= 0.3 is 0 Å². The number of anilines is 1. The van der Waals surface area contributed by atoms with Crippen molar-refractivity contribution >= 4 is 27.6 Å². The van der Waals surface area contributed by atoms with Crippen molar-refractivity contribution in [3.05, 3.63) is 73.0 Å². The van der Waals surface area contributed by atoms with E-state index >= 15 is 0 Å². The number of nitrogens with one attached hydrogen (secondary N) is 3. The van der Waals surface area contributed by atoms with Gasteiger partial charge in [0, 0.05) is 65.5 Å². The smallest absolute Gasteiger partial charge is 0.159 e. The molecule has 0 radical (unpaired) electrons. The predicted molar refractivity (Wildman–Crippen MR) is 142 cm³/mol. The van der Waals surface area contributed by atoms with E-state index in [9.17, 15) is 8.78 Å². The van der Waals surface area contributed by atoms with Crippen LogP contribution >= 0.6 is 0 Å². The summed E-state index contributed by atoms with van der Waals surface area (Å²) in [6, 6.07) is 9.64. The van der Waals surface area contributed by atoms with Gasteiger partial charge in [-0.05, 0) is 44.4 Å². The van der Waals surface area contributed by atoms with Crippen molar-refractivity contribution < 1.29 is 8.78 Å². The van der Waals surface area contributed by atoms with Crippen molar-refractivity contribution in [2.75, 3.05) is 32.5 Å². The quantitative estimate of drug-likeness (QED) is 0.280. The maximum atomic E-state index is 14.8. The second kappa shape index (κ2) is 9.60. The molecule has 9 nitrogen and oxygen atoms in total. The van der Waals surface area contributed by atoms with Gasteiger partial charge < -0.3 is 15.2 Å². The Morgan fingerprint density at radius 1 is 0.947 bits per heavy atom. The largest absolute Gasteiger partial charge is 0.384 e. The molecule has 6 rings (SSSR count). The van der Waals surface area contributed by atoms with E-state index in [1.54, 1.807) is 30.7 Å². The van der Waals surface area contributed by atoms with Gasteiger partial charge in [-0.15, -0.1) is 0 Å². The van der Waals surface area contributed by atoms with E-state index in [-0.39, 0.29) is 5.82 Å². The highest BCUT2D eigenvalue weighted by atomic mass is 19.1. The summed E-state index contributed by atoms with van der Waals surface area (Å²) in [7, 11) is 3.96. The molecule has 2 aromatic carbocycles. The fourth-order valence-corrected chi connectivity index (χ4v) is 4.39. The molecule has 0 saturated heterocycles. The lowest BCUT2D eigenvalue weighted by Crippen LogP contribution is -2.20. The zero-order valence-electron chi connectivity index (χ0n) is 20.6. The number of hydrogen-bond acceptors (Lipinski definition) is 7. The van der Waals surface area contributed by atoms with E-state index in [4.69, 9.17) is 4.98 Å². The van der Waals surface area contributed by atoms with Crippen LogP contribution in [0.4, 0.5) is 14.5 Å². The molecule has 0 atom stereocenters. The minimum Gasteiger partial charge on any atom is -0.384 e. The number of benzene rings is 2. The molecule has 0 saturated carbocycles. The average molecular weight is 512 g/mol. The van der Waals surface area contributed by atoms with Crippen LogP contribution < -0.4 is 5.32 Å². The van der Waals surface area contributed by atoms with Gasteiger partial charge in [0.2, 0.25) is 0 Å². The van der Waals surface area contributed by atoms with Crippen molar-refractivity contribution in [2.24, 2.45) is 0 Å². The average Bonchev–Trinajstić information content (AvgIpc) is 3.51. The first-order chi connectivity index (χ1) is 18.5. The summed E-state index contributed by atoms with van der Waals surface area (Å²) in [5, 5.41) is 11.2. The van der Waals surface area contributed by atoms with Crippen LogP contribution in [0.15, 0.2) is 61.3 Å². The first kappa shape index (κ1) is 23.6. The third-order valence-electron chi connectivity index (χ3n) is 6.21. The molecule has 0 fully saturated rings. The van der Waals surface area contributed by atoms with E-state index in [2.05, 4.69) is 35.5 Å². The molecule has 3 N–H and O–H groups in total. The molecule has 4 aromatic heterocycles. The summed E-state index contributed by atoms with van der Waals surface area (Å²) in [5.74, 6) is -0.315. The molecule has 190 valence electrons. The fourth-order valence-electron chi connectivity index (χ4n) is 4.39. The van der Waals surface area contributed by atoms with Crippen LogP contribution in [-0.2, 0) is 0 Å². The SMILES string of the molecule is CN(C)CCNc1cc(F)cc(-c2nccc3[nH]c(-c4n[nH]c5cc(F)c(-c6cncnc6)cc45)nc23)c1. The minimum atomic E-state index is -0.417. The number of hydrogen-bond donors (Lipinski definition) is 3. The number of pyridine rings is 1. The Labute approximate surface area is 216 Å². The maximum absolute atomic E-state index is 14.8. The highest BCUT2D eigenvalue weighted by molar-refractivity contribution is 5.97. The lowest BCUT2D eigenvalue weighted by molar-refractivity contribution is 0.425. The van der Waals surface area contributed by atoms with Crippen LogP contribution in [0.3, 0.4) is 0 Å². The van der Waals surface area contributed by atoms with Gasteiger partial charge in [0.05, 0.1) is 16.7 Å². The lowest BCUT2D eigenvalue weighted by Gasteiger charge is -2.12. The monoisotopic (exact) mass is 511 g/mol. The van der Waals surface area contributed by atoms with Crippen molar-refractivity contribution in [1.82, 2.24) is 40.0 Å². The van der Waals surface area contributed by atoms with Crippen LogP contribution in [0.1, 0.15) is 0 Å². The minimum absolute atomic E-state index is 0.355. The number of nitrogens with zero attached hydrogens (tertiary/aromatic N) is 6. The summed E-state index contributed by atoms with van der Waals surface area (Å²) in [6.45, 7) is 1.48. The summed E-state index contributed by atoms with van der Waals surface area (Å²) in [6.07, 6.45) is 6.15. The molecular formula is C27H23F2N9. The first-order valence-electron chi connectivity index (χ1n) is 11.9. The zero-order valence-corrected chi connectivity index (χ0v) is 20.6. The van der Waals surface area contributed by atoms with Crippen molar-refractivity contribution in [2.45, 2.75) is 0 Å². The predicted octanol–water partition coefficient (Wildman–Crippen LogP) is 4.88. The third kappa shape index (κ3) is 4.43. The second-order valence-electron chi connectivity index (χ2n) is 9.18. The van der Waals surface area contributed by atoms with Crippen LogP contribution in [0, 0.1) is 11.6 Å². The van der Waals surface area contributed by atoms with Crippen LogP contribution in [0.2, 0.25) is 0 Å². The molecule has 0 spiro atoms. The molecule has 4 heterocycles. The Morgan fingerprint density at radius 3 is 2.61 bits per heavy atom. The Hall–Kier alpha value is -4.77. The molecule has 38 heavy (non-hydrogen) atoms. The van der Waals surface area contributed by atoms with Gasteiger partial charge in [-0.25, -0.2) is 23.7 Å². The first-order valence-corrected chi connectivity index (χ1v) is 11.9. The molecule has 0 unspecified atom stereocenters. The van der Waals surface area contributed by atoms with E-state index in [1.165, 1.54) is 24.5 Å². The Balaban J connectivity index is 1.42. The summed E-state index contributed by atoms with van der Waals surface area (Å²) in [4.78, 5) is 22.6. The van der Waals surface area contributed by atoms with Gasteiger partial charge in [0.1, 0.15) is 29.2 Å². The normalized spacial score (nSPS) is 11.6. The van der Waals surface area contributed by atoms with Gasteiger partial charge in [0.25, 0.3) is 0 Å². The number of likely N-dealkylation sites (N-methyl/N-ethyl adjacent to an activating group) is 1. The molecule has 11 heteroatoms. The Morgan fingerprint density at radius 2 is 1.79 bits per heavy atom. The Bertz CT molecular complexity index is 1760. The highest BCUT2D eigenvalue weighted by Crippen LogP contribution is 2.34. The number of imidazole rings is 1. The van der Waals surface area contributed by atoms with Crippen molar-refractivity contribution in [3.63, 3.8) is 0 Å². The van der Waals surface area contributed by atoms with E-state index in [1.807, 2.05) is 25.1 Å². The maximum Gasteiger partial charge on any atom is 0.159 e. The third-order valence-corrected chi connectivity index (χ3v) is 6.21. The molecule has 0 aliphatic heterocycles. The van der Waals surface area contributed by atoms with Crippen molar-refractivity contribution in [1.29, 1.82) is 0 Å². The standard InChI is InChI=1S/C27H23F2N9/c1-38(2)6-5-32-18-8-15(7-17(28)9-18)24-26-22(3-4-33-24)34-27(35-26)25-20-10-19(16-12-30-14-31-13-16)21(29)11-23(20)36-37-25/h3-4,7-14,32H,5-6H2,1-2H3,(H,34,35)(H,36,37). The number of aromatic amines is 2. The van der Waals surface area contributed by atoms with E-state index in [0.29, 0.717) is 68.1 Å². The molecule has 6 aromatic rings. The summed E-state index contributed by atoms with van der Waals surface area (Å²) >= 11 is 0. The number of H-pyrrole nitrogens is 2. The van der Waals surface area contributed by atoms with Gasteiger partial charge in [0.15, 0.2) is 5.82 Å².